The minimum Gasteiger partial charge on any atom is -0.370 e. The van der Waals surface area contributed by atoms with Crippen molar-refractivity contribution in [3.05, 3.63) is 35.9 Å². The quantitative estimate of drug-likeness (QED) is 0.482. The Bertz CT molecular complexity index is 1250. The summed E-state index contributed by atoms with van der Waals surface area (Å²) in [7, 11) is 0. The lowest BCUT2D eigenvalue weighted by Gasteiger charge is -2.34. The van der Waals surface area contributed by atoms with E-state index in [4.69, 9.17) is 9.72 Å². The van der Waals surface area contributed by atoms with Crippen LogP contribution in [0, 0.1) is 11.3 Å². The molecule has 4 bridgehead atoms. The molecule has 10 heteroatoms. The van der Waals surface area contributed by atoms with Crippen LogP contribution in [-0.4, -0.2) is 59.7 Å². The molecule has 2 N–H and O–H groups in total. The van der Waals surface area contributed by atoms with Crippen molar-refractivity contribution < 1.29 is 14.3 Å². The topological polar surface area (TPSA) is 99.7 Å². The van der Waals surface area contributed by atoms with Gasteiger partial charge in [-0.2, -0.15) is 0 Å². The highest BCUT2D eigenvalue weighted by Gasteiger charge is 2.41. The second-order valence-electron chi connectivity index (χ2n) is 12.9. The van der Waals surface area contributed by atoms with Crippen LogP contribution in [0.5, 0.6) is 0 Å². The highest BCUT2D eigenvalue weighted by Crippen LogP contribution is 2.40. The van der Waals surface area contributed by atoms with Crippen LogP contribution in [-0.2, 0) is 9.53 Å². The molecule has 0 radical (unpaired) electrons. The van der Waals surface area contributed by atoms with Gasteiger partial charge in [0.2, 0.25) is 0 Å². The van der Waals surface area contributed by atoms with Gasteiger partial charge >= 0.3 is 0 Å². The van der Waals surface area contributed by atoms with E-state index in [1.165, 1.54) is 11.9 Å². The Kier molecular flexibility index (Phi) is 8.29. The number of hydrogen-bond donors (Lipinski definition) is 2. The number of nitrogens with zero attached hydrogens (tertiary/aromatic N) is 4. The van der Waals surface area contributed by atoms with E-state index >= 15 is 0 Å². The number of pyridine rings is 2. The third-order valence-electron chi connectivity index (χ3n) is 7.99. The fourth-order valence-electron chi connectivity index (χ4n) is 5.80. The highest BCUT2D eigenvalue weighted by atomic mass is 32.2. The third kappa shape index (κ3) is 6.54. The molecule has 0 saturated carbocycles. The van der Waals surface area contributed by atoms with Crippen LogP contribution in [0.25, 0.3) is 0 Å². The average molecular weight is 567 g/mol. The Labute approximate surface area is 242 Å². The second kappa shape index (κ2) is 11.6. The van der Waals surface area contributed by atoms with E-state index in [1.807, 2.05) is 24.3 Å². The summed E-state index contributed by atoms with van der Waals surface area (Å²) in [6.45, 7) is 13.7. The molecule has 5 rings (SSSR count). The van der Waals surface area contributed by atoms with Gasteiger partial charge in [-0.05, 0) is 75.1 Å². The van der Waals surface area contributed by atoms with Crippen molar-refractivity contribution in [1.29, 1.82) is 0 Å². The molecule has 5 heterocycles. The zero-order chi connectivity index (χ0) is 28.5. The molecule has 2 amide bonds. The predicted molar refractivity (Wildman–Crippen MR) is 160 cm³/mol. The summed E-state index contributed by atoms with van der Waals surface area (Å²) in [5.74, 6) is 2.20. The van der Waals surface area contributed by atoms with Gasteiger partial charge in [-0.3, -0.25) is 19.2 Å². The fourth-order valence-corrected chi connectivity index (χ4v) is 6.40. The largest absolute Gasteiger partial charge is 0.370 e. The molecule has 0 aliphatic carbocycles. The van der Waals surface area contributed by atoms with Crippen LogP contribution in [0.3, 0.4) is 0 Å². The minimum atomic E-state index is -0.453. The molecule has 2 fully saturated rings. The third-order valence-corrected chi connectivity index (χ3v) is 8.72. The molecular formula is C30H42N6O3S. The summed E-state index contributed by atoms with van der Waals surface area (Å²) in [5.41, 5.74) is 0.473. The molecule has 2 saturated heterocycles. The van der Waals surface area contributed by atoms with Crippen molar-refractivity contribution in [2.45, 2.75) is 83.4 Å². The molecule has 9 nitrogen and oxygen atoms in total. The summed E-state index contributed by atoms with van der Waals surface area (Å²) in [6.07, 6.45) is 4.18. The normalized spacial score (nSPS) is 23.2. The van der Waals surface area contributed by atoms with Gasteiger partial charge < -0.3 is 15.0 Å². The Morgan fingerprint density at radius 3 is 2.75 bits per heavy atom. The van der Waals surface area contributed by atoms with Gasteiger partial charge in [0.15, 0.2) is 0 Å². The van der Waals surface area contributed by atoms with Gasteiger partial charge in [-0.1, -0.05) is 26.8 Å². The maximum Gasteiger partial charge on any atom is 0.265 e. The van der Waals surface area contributed by atoms with Crippen LogP contribution >= 0.6 is 11.9 Å². The SMILES string of the molecule is CC(C)(C)CCOC1CCN(c2ccc3c(n2)N2C[C@@H](CCCNc4cccc(n4)SNC3=O)CC2(C)C)C1=O. The number of ether oxygens (including phenoxy) is 1. The maximum atomic E-state index is 13.5. The smallest absolute Gasteiger partial charge is 0.265 e. The monoisotopic (exact) mass is 566 g/mol. The summed E-state index contributed by atoms with van der Waals surface area (Å²) < 4.78 is 8.95. The van der Waals surface area contributed by atoms with E-state index in [0.29, 0.717) is 47.7 Å². The van der Waals surface area contributed by atoms with E-state index in [0.717, 1.165) is 44.6 Å². The minimum absolute atomic E-state index is 0.0597. The number of rotatable bonds is 4. The van der Waals surface area contributed by atoms with Crippen molar-refractivity contribution in [1.82, 2.24) is 14.7 Å². The summed E-state index contributed by atoms with van der Waals surface area (Å²) >= 11 is 1.19. The number of aromatic nitrogens is 2. The Balaban J connectivity index is 1.42. The standard InChI is InChI=1S/C30H42N6O3S/c1-29(2,3)14-17-39-22-13-16-35(28(22)38)24-12-11-21-26(33-24)36-19-20(18-30(36,4)5)8-7-15-31-23-9-6-10-25(32-23)40-34-27(21)37/h6,9-12,20,22H,7-8,13-19H2,1-5H3,(H,31,32)(H,34,37)/t20-,22?/m0/s1. The number of carbonyl (C=O) groups excluding carboxylic acids is 2. The molecule has 40 heavy (non-hydrogen) atoms. The zero-order valence-electron chi connectivity index (χ0n) is 24.3. The number of nitrogens with one attached hydrogen (secondary N) is 2. The molecule has 3 aliphatic rings. The first-order chi connectivity index (χ1) is 19.0. The molecule has 2 aromatic rings. The molecule has 1 unspecified atom stereocenters. The van der Waals surface area contributed by atoms with Gasteiger partial charge in [0, 0.05) is 50.1 Å². The summed E-state index contributed by atoms with van der Waals surface area (Å²) in [5, 5.41) is 4.13. The lowest BCUT2D eigenvalue weighted by molar-refractivity contribution is -0.127. The molecule has 216 valence electrons. The van der Waals surface area contributed by atoms with E-state index in [2.05, 4.69) is 54.5 Å². The lowest BCUT2D eigenvalue weighted by Crippen LogP contribution is -2.40. The molecular weight excluding hydrogens is 524 g/mol. The maximum absolute atomic E-state index is 13.5. The van der Waals surface area contributed by atoms with Crippen molar-refractivity contribution in [3.63, 3.8) is 0 Å². The number of anilines is 3. The second-order valence-corrected chi connectivity index (χ2v) is 13.8. The fraction of sp³-hybridized carbons (Fsp3) is 0.600. The van der Waals surface area contributed by atoms with Gasteiger partial charge in [0.1, 0.15) is 28.6 Å². The van der Waals surface area contributed by atoms with E-state index in [1.54, 1.807) is 11.0 Å². The number of amides is 2. The molecule has 2 aromatic heterocycles. The average Bonchev–Trinajstić information content (AvgIpc) is 3.41. The molecule has 3 aliphatic heterocycles. The van der Waals surface area contributed by atoms with E-state index < -0.39 is 6.10 Å². The van der Waals surface area contributed by atoms with E-state index in [-0.39, 0.29) is 22.8 Å². The lowest BCUT2D eigenvalue weighted by atomic mass is 9.93. The predicted octanol–water partition coefficient (Wildman–Crippen LogP) is 5.28. The van der Waals surface area contributed by atoms with Crippen LogP contribution in [0.2, 0.25) is 0 Å². The van der Waals surface area contributed by atoms with Crippen LogP contribution in [0.1, 0.15) is 77.1 Å². The highest BCUT2D eigenvalue weighted by molar-refractivity contribution is 7.97. The van der Waals surface area contributed by atoms with Gasteiger partial charge in [0.25, 0.3) is 11.8 Å². The van der Waals surface area contributed by atoms with Crippen LogP contribution < -0.4 is 19.8 Å². The van der Waals surface area contributed by atoms with Crippen molar-refractivity contribution in [2.75, 3.05) is 41.4 Å². The Hall–Kier alpha value is -2.85. The van der Waals surface area contributed by atoms with Crippen molar-refractivity contribution in [3.8, 4) is 0 Å². The first-order valence-electron chi connectivity index (χ1n) is 14.4. The van der Waals surface area contributed by atoms with Crippen molar-refractivity contribution in [2.24, 2.45) is 11.3 Å². The first-order valence-corrected chi connectivity index (χ1v) is 15.2. The Morgan fingerprint density at radius 1 is 1.12 bits per heavy atom. The van der Waals surface area contributed by atoms with Gasteiger partial charge in [0.05, 0.1) is 5.56 Å². The van der Waals surface area contributed by atoms with Crippen LogP contribution in [0.15, 0.2) is 35.4 Å². The molecule has 2 atom stereocenters. The summed E-state index contributed by atoms with van der Waals surface area (Å²) in [6, 6.07) is 9.36. The Morgan fingerprint density at radius 2 is 1.95 bits per heavy atom. The van der Waals surface area contributed by atoms with Gasteiger partial charge in [-0.25, -0.2) is 9.97 Å². The van der Waals surface area contributed by atoms with Gasteiger partial charge in [-0.15, -0.1) is 0 Å². The molecule has 0 aromatic carbocycles. The number of fused-ring (bicyclic) bond motifs is 6. The molecule has 0 spiro atoms. The first kappa shape index (κ1) is 28.7. The van der Waals surface area contributed by atoms with E-state index in [9.17, 15) is 9.59 Å². The van der Waals surface area contributed by atoms with Crippen molar-refractivity contribution >= 4 is 41.2 Å². The zero-order valence-corrected chi connectivity index (χ0v) is 25.1. The number of carbonyl (C=O) groups is 2. The number of hydrogen-bond acceptors (Lipinski definition) is 8. The summed E-state index contributed by atoms with van der Waals surface area (Å²) in [4.78, 5) is 40.5. The van der Waals surface area contributed by atoms with Crippen LogP contribution in [0.4, 0.5) is 17.5 Å².